The van der Waals surface area contributed by atoms with Crippen LogP contribution in [0.15, 0.2) is 36.7 Å². The molecule has 2 N–H and O–H groups in total. The fraction of sp³-hybridized carbons (Fsp3) is 0.267. The van der Waals surface area contributed by atoms with Gasteiger partial charge in [0.1, 0.15) is 0 Å². The molecular formula is C15H17N3. The van der Waals surface area contributed by atoms with Gasteiger partial charge < -0.3 is 5.73 Å². The van der Waals surface area contributed by atoms with Gasteiger partial charge in [0.25, 0.3) is 0 Å². The summed E-state index contributed by atoms with van der Waals surface area (Å²) < 4.78 is 0. The Kier molecular flexibility index (Phi) is 2.76. The molecule has 0 amide bonds. The minimum absolute atomic E-state index is 0.915. The molecule has 92 valence electrons. The van der Waals surface area contributed by atoms with E-state index in [0.717, 1.165) is 25.3 Å². The van der Waals surface area contributed by atoms with E-state index in [1.165, 1.54) is 22.3 Å². The first-order valence-electron chi connectivity index (χ1n) is 6.22. The van der Waals surface area contributed by atoms with Gasteiger partial charge in [0, 0.05) is 37.7 Å². The molecule has 0 saturated carbocycles. The first-order chi connectivity index (χ1) is 8.74. The molecule has 1 aliphatic rings. The third-order valence-corrected chi connectivity index (χ3v) is 3.63. The van der Waals surface area contributed by atoms with E-state index in [2.05, 4.69) is 28.9 Å². The van der Waals surface area contributed by atoms with E-state index < -0.39 is 0 Å². The topological polar surface area (TPSA) is 42.2 Å². The van der Waals surface area contributed by atoms with E-state index in [-0.39, 0.29) is 0 Å². The molecule has 0 spiro atoms. The molecule has 0 fully saturated rings. The average molecular weight is 239 g/mol. The minimum Gasteiger partial charge on any atom is -0.398 e. The molecule has 18 heavy (non-hydrogen) atoms. The second-order valence-electron chi connectivity index (χ2n) is 4.93. The van der Waals surface area contributed by atoms with Crippen LogP contribution in [0.3, 0.4) is 0 Å². The van der Waals surface area contributed by atoms with Crippen molar-refractivity contribution in [3.63, 3.8) is 0 Å². The van der Waals surface area contributed by atoms with Gasteiger partial charge in [-0.05, 0) is 41.3 Å². The number of pyridine rings is 1. The number of nitrogens with two attached hydrogens (primary N) is 1. The van der Waals surface area contributed by atoms with Crippen molar-refractivity contribution in [1.82, 2.24) is 9.88 Å². The summed E-state index contributed by atoms with van der Waals surface area (Å²) in [5.74, 6) is 0. The molecule has 0 atom stereocenters. The molecule has 3 heteroatoms. The summed E-state index contributed by atoms with van der Waals surface area (Å²) in [6, 6.07) is 8.25. The van der Waals surface area contributed by atoms with Gasteiger partial charge in [-0.15, -0.1) is 0 Å². The highest BCUT2D eigenvalue weighted by Gasteiger charge is 2.20. The highest BCUT2D eigenvalue weighted by molar-refractivity contribution is 5.52. The quantitative estimate of drug-likeness (QED) is 0.819. The Hall–Kier alpha value is -1.87. The standard InChI is InChI=1S/C15H17N3/c1-11-5-6-17-7-13(11)9-18-8-12-3-2-4-15(16)14(12)10-18/h2-7H,8-10,16H2,1H3. The molecule has 1 aromatic heterocycles. The number of hydrogen-bond donors (Lipinski definition) is 1. The van der Waals surface area contributed by atoms with E-state index in [1.807, 2.05) is 24.5 Å². The maximum Gasteiger partial charge on any atom is 0.0363 e. The number of hydrogen-bond acceptors (Lipinski definition) is 3. The van der Waals surface area contributed by atoms with Crippen LogP contribution in [0, 0.1) is 6.92 Å². The van der Waals surface area contributed by atoms with Crippen LogP contribution in [0.2, 0.25) is 0 Å². The number of aryl methyl sites for hydroxylation is 1. The zero-order valence-corrected chi connectivity index (χ0v) is 10.6. The zero-order valence-electron chi connectivity index (χ0n) is 10.6. The van der Waals surface area contributed by atoms with Crippen LogP contribution in [0.1, 0.15) is 22.3 Å². The first kappa shape index (κ1) is 11.2. The maximum atomic E-state index is 6.02. The Morgan fingerprint density at radius 1 is 1.28 bits per heavy atom. The molecule has 3 rings (SSSR count). The van der Waals surface area contributed by atoms with Gasteiger partial charge in [-0.25, -0.2) is 0 Å². The lowest BCUT2D eigenvalue weighted by molar-refractivity contribution is 0.275. The van der Waals surface area contributed by atoms with Gasteiger partial charge >= 0.3 is 0 Å². The fourth-order valence-electron chi connectivity index (χ4n) is 2.53. The monoisotopic (exact) mass is 239 g/mol. The van der Waals surface area contributed by atoms with Gasteiger partial charge in [0.2, 0.25) is 0 Å². The molecule has 1 aliphatic heterocycles. The van der Waals surface area contributed by atoms with Crippen molar-refractivity contribution in [3.8, 4) is 0 Å². The summed E-state index contributed by atoms with van der Waals surface area (Å²) in [6.07, 6.45) is 3.80. The second-order valence-corrected chi connectivity index (χ2v) is 4.93. The number of rotatable bonds is 2. The first-order valence-corrected chi connectivity index (χ1v) is 6.22. The molecule has 0 bridgehead atoms. The number of nitrogens with zero attached hydrogens (tertiary/aromatic N) is 2. The van der Waals surface area contributed by atoms with Gasteiger partial charge in [0.15, 0.2) is 0 Å². The molecule has 2 heterocycles. The van der Waals surface area contributed by atoms with Crippen LogP contribution in [0.25, 0.3) is 0 Å². The highest BCUT2D eigenvalue weighted by Crippen LogP contribution is 2.28. The van der Waals surface area contributed by atoms with Gasteiger partial charge in [0.05, 0.1) is 0 Å². The van der Waals surface area contributed by atoms with Crippen molar-refractivity contribution >= 4 is 5.69 Å². The molecule has 0 radical (unpaired) electrons. The number of aromatic nitrogens is 1. The van der Waals surface area contributed by atoms with Crippen LogP contribution in [-0.2, 0) is 19.6 Å². The lowest BCUT2D eigenvalue weighted by atomic mass is 10.1. The number of anilines is 1. The lowest BCUT2D eigenvalue weighted by Crippen LogP contribution is -2.16. The molecular weight excluding hydrogens is 222 g/mol. The van der Waals surface area contributed by atoms with E-state index in [0.29, 0.717) is 0 Å². The van der Waals surface area contributed by atoms with Crippen LogP contribution in [0.4, 0.5) is 5.69 Å². The van der Waals surface area contributed by atoms with Crippen molar-refractivity contribution in [2.75, 3.05) is 5.73 Å². The molecule has 0 saturated heterocycles. The zero-order chi connectivity index (χ0) is 12.5. The van der Waals surface area contributed by atoms with Crippen LogP contribution in [-0.4, -0.2) is 9.88 Å². The Balaban J connectivity index is 1.79. The number of benzene rings is 1. The molecule has 3 nitrogen and oxygen atoms in total. The van der Waals surface area contributed by atoms with E-state index in [9.17, 15) is 0 Å². The second kappa shape index (κ2) is 4.42. The predicted molar refractivity (Wildman–Crippen MR) is 72.8 cm³/mol. The summed E-state index contributed by atoms with van der Waals surface area (Å²) in [4.78, 5) is 6.61. The summed E-state index contributed by atoms with van der Waals surface area (Å²) in [6.45, 7) is 4.99. The number of nitrogen functional groups attached to an aromatic ring is 1. The van der Waals surface area contributed by atoms with Gasteiger partial charge in [-0.3, -0.25) is 9.88 Å². The van der Waals surface area contributed by atoms with E-state index in [4.69, 9.17) is 5.73 Å². The summed E-state index contributed by atoms with van der Waals surface area (Å²) in [5.41, 5.74) is 12.2. The van der Waals surface area contributed by atoms with E-state index >= 15 is 0 Å². The largest absolute Gasteiger partial charge is 0.398 e. The maximum absolute atomic E-state index is 6.02. The highest BCUT2D eigenvalue weighted by atomic mass is 15.1. The fourth-order valence-corrected chi connectivity index (χ4v) is 2.53. The van der Waals surface area contributed by atoms with Crippen molar-refractivity contribution in [2.24, 2.45) is 0 Å². The van der Waals surface area contributed by atoms with Crippen molar-refractivity contribution in [1.29, 1.82) is 0 Å². The Labute approximate surface area is 107 Å². The Bertz CT molecular complexity index is 578. The lowest BCUT2D eigenvalue weighted by Gasteiger charge is -2.16. The smallest absolute Gasteiger partial charge is 0.0363 e. The molecule has 0 unspecified atom stereocenters. The summed E-state index contributed by atoms with van der Waals surface area (Å²) in [7, 11) is 0. The Morgan fingerprint density at radius 2 is 2.17 bits per heavy atom. The van der Waals surface area contributed by atoms with Gasteiger partial charge in [-0.1, -0.05) is 12.1 Å². The molecule has 2 aromatic rings. The van der Waals surface area contributed by atoms with Gasteiger partial charge in [-0.2, -0.15) is 0 Å². The summed E-state index contributed by atoms with van der Waals surface area (Å²) >= 11 is 0. The van der Waals surface area contributed by atoms with E-state index in [1.54, 1.807) is 0 Å². The summed E-state index contributed by atoms with van der Waals surface area (Å²) in [5, 5.41) is 0. The third-order valence-electron chi connectivity index (χ3n) is 3.63. The molecule has 0 aliphatic carbocycles. The average Bonchev–Trinajstić information content (AvgIpc) is 2.76. The normalized spacial score (nSPS) is 14.7. The van der Waals surface area contributed by atoms with Crippen LogP contribution < -0.4 is 5.73 Å². The van der Waals surface area contributed by atoms with Crippen LogP contribution >= 0.6 is 0 Å². The van der Waals surface area contributed by atoms with Crippen LogP contribution in [0.5, 0.6) is 0 Å². The van der Waals surface area contributed by atoms with Crippen molar-refractivity contribution in [3.05, 3.63) is 58.9 Å². The third kappa shape index (κ3) is 1.97. The van der Waals surface area contributed by atoms with Crippen molar-refractivity contribution in [2.45, 2.75) is 26.6 Å². The molecule has 1 aromatic carbocycles. The minimum atomic E-state index is 0.915. The number of fused-ring (bicyclic) bond motifs is 1. The predicted octanol–water partition coefficient (Wildman–Crippen LogP) is 2.49. The van der Waals surface area contributed by atoms with Crippen molar-refractivity contribution < 1.29 is 0 Å². The Morgan fingerprint density at radius 3 is 2.94 bits per heavy atom. The SMILES string of the molecule is Cc1ccncc1CN1Cc2cccc(N)c2C1.